The number of hydrogen-bond acceptors (Lipinski definition) is 3. The summed E-state index contributed by atoms with van der Waals surface area (Å²) in [5.74, 6) is 5.36. The summed E-state index contributed by atoms with van der Waals surface area (Å²) in [5.41, 5.74) is 2.82. The highest BCUT2D eigenvalue weighted by atomic mass is 16.5. The summed E-state index contributed by atoms with van der Waals surface area (Å²) in [7, 11) is 0. The largest absolute Gasteiger partial charge is 0.453 e. The highest BCUT2D eigenvalue weighted by Crippen LogP contribution is 2.22. The molecule has 2 aromatic rings. The molecule has 1 unspecified atom stereocenters. The minimum Gasteiger partial charge on any atom is -0.453 e. The first-order valence-electron chi connectivity index (χ1n) is 7.83. The van der Waals surface area contributed by atoms with Crippen LogP contribution in [0.4, 0.5) is 0 Å². The Bertz CT molecular complexity index is 749. The van der Waals surface area contributed by atoms with Crippen molar-refractivity contribution in [1.82, 2.24) is 0 Å². The van der Waals surface area contributed by atoms with Gasteiger partial charge in [-0.05, 0) is 12.5 Å². The Hall–Kier alpha value is -2.86. The summed E-state index contributed by atoms with van der Waals surface area (Å²) in [6, 6.07) is 17.2. The molecule has 0 heterocycles. The molecular weight excluding hydrogens is 300 g/mol. The molecule has 0 fully saturated rings. The van der Waals surface area contributed by atoms with Crippen molar-refractivity contribution in [2.75, 3.05) is 6.61 Å². The van der Waals surface area contributed by atoms with Crippen LogP contribution in [0.1, 0.15) is 40.7 Å². The highest BCUT2D eigenvalue weighted by Gasteiger charge is 2.15. The molecule has 0 radical (unpaired) electrons. The molecule has 0 aromatic heterocycles. The molecule has 24 heavy (non-hydrogen) atoms. The normalized spacial score (nSPS) is 11.1. The topological polar surface area (TPSA) is 43.4 Å². The molecule has 0 aliphatic rings. The van der Waals surface area contributed by atoms with Crippen LogP contribution in [0.25, 0.3) is 0 Å². The van der Waals surface area contributed by atoms with Gasteiger partial charge in [-0.3, -0.25) is 9.59 Å². The van der Waals surface area contributed by atoms with Gasteiger partial charge in [-0.25, -0.2) is 0 Å². The van der Waals surface area contributed by atoms with Crippen LogP contribution in [0.2, 0.25) is 0 Å². The minimum atomic E-state index is -0.364. The van der Waals surface area contributed by atoms with E-state index in [9.17, 15) is 9.59 Å². The Balaban J connectivity index is 2.17. The van der Waals surface area contributed by atoms with Gasteiger partial charge < -0.3 is 4.74 Å². The second kappa shape index (κ2) is 8.69. The fraction of sp³-hybridized carbons (Fsp3) is 0.238. The number of hydrogen-bond donors (Lipinski definition) is 0. The fourth-order valence-corrected chi connectivity index (χ4v) is 2.28. The van der Waals surface area contributed by atoms with E-state index in [4.69, 9.17) is 4.74 Å². The third-order valence-corrected chi connectivity index (χ3v) is 3.59. The first-order valence-corrected chi connectivity index (χ1v) is 7.83. The number of rotatable bonds is 5. The first kappa shape index (κ1) is 17.5. The summed E-state index contributed by atoms with van der Waals surface area (Å²) in [6.07, 6.45) is 0.292. The molecule has 0 N–H and O–H groups in total. The number of Topliss-reactive ketones (excluding diaryl/α,β-unsaturated/α-hetero) is 1. The van der Waals surface area contributed by atoms with Gasteiger partial charge in [0.25, 0.3) is 0 Å². The zero-order valence-electron chi connectivity index (χ0n) is 13.9. The maximum Gasteiger partial charge on any atom is 0.303 e. The third kappa shape index (κ3) is 5.40. The average molecular weight is 320 g/mol. The summed E-state index contributed by atoms with van der Waals surface area (Å²) in [6.45, 7) is 3.40. The minimum absolute atomic E-state index is 0.0389. The van der Waals surface area contributed by atoms with E-state index in [-0.39, 0.29) is 24.3 Å². The van der Waals surface area contributed by atoms with Gasteiger partial charge in [0.1, 0.15) is 0 Å². The number of benzene rings is 2. The standard InChI is InChI=1S/C21H20O3/c1-16-10-12-18(13-11-16)20(9-6-14-24-17(2)22)15-21(23)19-7-4-3-5-8-19/h3-5,7-8,10-13,20H,14-15H2,1-2H3. The van der Waals surface area contributed by atoms with Crippen molar-refractivity contribution in [2.45, 2.75) is 26.2 Å². The van der Waals surface area contributed by atoms with E-state index >= 15 is 0 Å². The molecule has 3 heteroatoms. The summed E-state index contributed by atoms with van der Waals surface area (Å²) in [5, 5.41) is 0. The molecule has 0 aliphatic carbocycles. The lowest BCUT2D eigenvalue weighted by Crippen LogP contribution is -2.07. The predicted molar refractivity (Wildman–Crippen MR) is 93.7 cm³/mol. The Labute approximate surface area is 142 Å². The van der Waals surface area contributed by atoms with Gasteiger partial charge in [0, 0.05) is 18.9 Å². The third-order valence-electron chi connectivity index (χ3n) is 3.59. The monoisotopic (exact) mass is 320 g/mol. The lowest BCUT2D eigenvalue weighted by molar-refractivity contribution is -0.139. The first-order chi connectivity index (χ1) is 11.6. The number of esters is 1. The second-order valence-corrected chi connectivity index (χ2v) is 5.56. The van der Waals surface area contributed by atoms with Crippen molar-refractivity contribution in [3.05, 3.63) is 71.3 Å². The van der Waals surface area contributed by atoms with E-state index in [0.29, 0.717) is 12.0 Å². The van der Waals surface area contributed by atoms with Crippen LogP contribution in [0, 0.1) is 18.8 Å². The number of carbonyl (C=O) groups excluding carboxylic acids is 2. The molecule has 0 saturated carbocycles. The smallest absolute Gasteiger partial charge is 0.303 e. The van der Waals surface area contributed by atoms with Gasteiger partial charge in [-0.1, -0.05) is 72.0 Å². The van der Waals surface area contributed by atoms with Crippen molar-refractivity contribution < 1.29 is 14.3 Å². The molecule has 0 saturated heterocycles. The number of ketones is 1. The van der Waals surface area contributed by atoms with E-state index in [1.807, 2.05) is 49.4 Å². The molecule has 3 nitrogen and oxygen atoms in total. The molecule has 0 amide bonds. The van der Waals surface area contributed by atoms with Crippen molar-refractivity contribution in [3.63, 3.8) is 0 Å². The van der Waals surface area contributed by atoms with Crippen LogP contribution in [0.3, 0.4) is 0 Å². The van der Waals surface area contributed by atoms with Crippen LogP contribution in [-0.2, 0) is 9.53 Å². The van der Waals surface area contributed by atoms with Gasteiger partial charge in [0.05, 0.1) is 5.92 Å². The molecule has 1 atom stereocenters. The van der Waals surface area contributed by atoms with Gasteiger partial charge in [-0.2, -0.15) is 0 Å². The van der Waals surface area contributed by atoms with E-state index < -0.39 is 0 Å². The summed E-state index contributed by atoms with van der Waals surface area (Å²) < 4.78 is 4.84. The summed E-state index contributed by atoms with van der Waals surface area (Å²) in [4.78, 5) is 23.3. The maximum absolute atomic E-state index is 12.5. The lowest BCUT2D eigenvalue weighted by Gasteiger charge is -2.11. The Morgan fingerprint density at radius 3 is 2.33 bits per heavy atom. The summed E-state index contributed by atoms with van der Waals surface area (Å²) >= 11 is 0. The van der Waals surface area contributed by atoms with E-state index in [1.54, 1.807) is 12.1 Å². The van der Waals surface area contributed by atoms with Gasteiger partial charge in [0.15, 0.2) is 12.4 Å². The zero-order chi connectivity index (χ0) is 17.4. The second-order valence-electron chi connectivity index (χ2n) is 5.56. The predicted octanol–water partition coefficient (Wildman–Crippen LogP) is 3.92. The molecule has 122 valence electrons. The number of ether oxygens (including phenoxy) is 1. The van der Waals surface area contributed by atoms with Gasteiger partial charge in [-0.15, -0.1) is 0 Å². The molecule has 2 rings (SSSR count). The van der Waals surface area contributed by atoms with Crippen LogP contribution in [0.5, 0.6) is 0 Å². The van der Waals surface area contributed by atoms with Crippen LogP contribution in [-0.4, -0.2) is 18.4 Å². The maximum atomic E-state index is 12.5. The molecule has 0 spiro atoms. The van der Waals surface area contributed by atoms with E-state index in [1.165, 1.54) is 6.92 Å². The lowest BCUT2D eigenvalue weighted by atomic mass is 9.91. The van der Waals surface area contributed by atoms with E-state index in [2.05, 4.69) is 11.8 Å². The molecule has 2 aromatic carbocycles. The molecule has 0 bridgehead atoms. The van der Waals surface area contributed by atoms with Crippen LogP contribution >= 0.6 is 0 Å². The highest BCUT2D eigenvalue weighted by molar-refractivity contribution is 5.96. The zero-order valence-corrected chi connectivity index (χ0v) is 13.9. The van der Waals surface area contributed by atoms with Crippen molar-refractivity contribution in [2.24, 2.45) is 0 Å². The van der Waals surface area contributed by atoms with Crippen molar-refractivity contribution in [1.29, 1.82) is 0 Å². The molecule has 0 aliphatic heterocycles. The van der Waals surface area contributed by atoms with Crippen LogP contribution in [0.15, 0.2) is 54.6 Å². The van der Waals surface area contributed by atoms with Crippen molar-refractivity contribution >= 4 is 11.8 Å². The van der Waals surface area contributed by atoms with Gasteiger partial charge in [0.2, 0.25) is 0 Å². The molecular formula is C21H20O3. The Morgan fingerprint density at radius 2 is 1.71 bits per heavy atom. The van der Waals surface area contributed by atoms with Crippen LogP contribution < -0.4 is 0 Å². The Morgan fingerprint density at radius 1 is 1.04 bits per heavy atom. The number of carbonyl (C=O) groups is 2. The van der Waals surface area contributed by atoms with Crippen molar-refractivity contribution in [3.8, 4) is 11.8 Å². The quantitative estimate of drug-likeness (QED) is 0.476. The Kier molecular flexibility index (Phi) is 6.33. The fourth-order valence-electron chi connectivity index (χ4n) is 2.28. The SMILES string of the molecule is CC(=O)OCC#CC(CC(=O)c1ccccc1)c1ccc(C)cc1. The van der Waals surface area contributed by atoms with Gasteiger partial charge >= 0.3 is 5.97 Å². The average Bonchev–Trinajstić information content (AvgIpc) is 2.59. The van der Waals surface area contributed by atoms with E-state index in [0.717, 1.165) is 11.1 Å². The number of aryl methyl sites for hydroxylation is 1.